The molecule has 0 unspecified atom stereocenters. The maximum atomic E-state index is 12.7. The van der Waals surface area contributed by atoms with Crippen LogP contribution in [0.5, 0.6) is 0 Å². The summed E-state index contributed by atoms with van der Waals surface area (Å²) in [4.78, 5) is 21.7. The molecule has 0 aliphatic carbocycles. The van der Waals surface area contributed by atoms with E-state index in [0.29, 0.717) is 22.8 Å². The van der Waals surface area contributed by atoms with E-state index in [1.165, 1.54) is 11.3 Å². The van der Waals surface area contributed by atoms with Gasteiger partial charge in [-0.05, 0) is 35.9 Å². The van der Waals surface area contributed by atoms with Gasteiger partial charge >= 0.3 is 0 Å². The zero-order chi connectivity index (χ0) is 17.9. The third-order valence-electron chi connectivity index (χ3n) is 3.95. The topological polar surface area (TPSA) is 54.9 Å². The highest BCUT2D eigenvalue weighted by molar-refractivity contribution is 7.21. The number of fused-ring (bicyclic) bond motifs is 1. The van der Waals surface area contributed by atoms with Crippen LogP contribution in [0.25, 0.3) is 20.9 Å². The van der Waals surface area contributed by atoms with E-state index in [2.05, 4.69) is 15.3 Å². The number of hydrogen-bond acceptors (Lipinski definition) is 4. The predicted octanol–water partition coefficient (Wildman–Crippen LogP) is 4.94. The maximum Gasteiger partial charge on any atom is 0.253 e. The monoisotopic (exact) mass is 379 g/mol. The van der Waals surface area contributed by atoms with E-state index in [9.17, 15) is 4.79 Å². The summed E-state index contributed by atoms with van der Waals surface area (Å²) in [5.74, 6) is -0.202. The molecular formula is C20H14ClN3OS. The smallest absolute Gasteiger partial charge is 0.253 e. The molecule has 4 rings (SSSR count). The predicted molar refractivity (Wildman–Crippen MR) is 105 cm³/mol. The van der Waals surface area contributed by atoms with Crippen molar-refractivity contribution in [2.45, 2.75) is 6.54 Å². The molecule has 4 aromatic rings. The van der Waals surface area contributed by atoms with Gasteiger partial charge in [-0.1, -0.05) is 41.9 Å². The number of para-hydroxylation sites is 1. The van der Waals surface area contributed by atoms with Crippen molar-refractivity contribution in [3.05, 3.63) is 83.0 Å². The van der Waals surface area contributed by atoms with Crippen molar-refractivity contribution in [3.63, 3.8) is 0 Å². The van der Waals surface area contributed by atoms with Crippen LogP contribution >= 0.6 is 22.9 Å². The maximum absolute atomic E-state index is 12.7. The molecule has 2 heterocycles. The molecule has 0 aliphatic rings. The number of halogens is 1. The lowest BCUT2D eigenvalue weighted by Crippen LogP contribution is -2.23. The number of thiazole rings is 1. The number of hydrogen-bond donors (Lipinski definition) is 1. The van der Waals surface area contributed by atoms with Crippen LogP contribution in [0.1, 0.15) is 15.9 Å². The van der Waals surface area contributed by atoms with Gasteiger partial charge in [-0.15, -0.1) is 11.3 Å². The number of amides is 1. The number of carbonyl (C=O) groups excluding carboxylic acids is 1. The first-order valence-corrected chi connectivity index (χ1v) is 9.24. The van der Waals surface area contributed by atoms with Crippen molar-refractivity contribution < 1.29 is 4.79 Å². The summed E-state index contributed by atoms with van der Waals surface area (Å²) < 4.78 is 1.07. The van der Waals surface area contributed by atoms with Crippen LogP contribution in [0.3, 0.4) is 0 Å². The Kier molecular flexibility index (Phi) is 4.65. The Labute approximate surface area is 159 Å². The molecule has 0 fully saturated rings. The van der Waals surface area contributed by atoms with Crippen LogP contribution in [0, 0.1) is 0 Å². The first kappa shape index (κ1) is 16.7. The van der Waals surface area contributed by atoms with E-state index < -0.39 is 0 Å². The normalized spacial score (nSPS) is 10.8. The van der Waals surface area contributed by atoms with E-state index >= 15 is 0 Å². The molecule has 0 saturated carbocycles. The Bertz CT molecular complexity index is 1060. The highest BCUT2D eigenvalue weighted by atomic mass is 35.5. The Morgan fingerprint density at radius 1 is 1.04 bits per heavy atom. The number of pyridine rings is 1. The molecule has 0 radical (unpaired) electrons. The van der Waals surface area contributed by atoms with Crippen molar-refractivity contribution >= 4 is 39.1 Å². The van der Waals surface area contributed by atoms with Gasteiger partial charge in [0.1, 0.15) is 10.7 Å². The van der Waals surface area contributed by atoms with E-state index in [0.717, 1.165) is 20.8 Å². The van der Waals surface area contributed by atoms with Gasteiger partial charge in [0.05, 0.1) is 15.8 Å². The van der Waals surface area contributed by atoms with Crippen molar-refractivity contribution in [3.8, 4) is 10.7 Å². The van der Waals surface area contributed by atoms with Crippen molar-refractivity contribution in [2.24, 2.45) is 0 Å². The molecule has 1 amide bonds. The molecule has 4 nitrogen and oxygen atoms in total. The zero-order valence-electron chi connectivity index (χ0n) is 13.6. The van der Waals surface area contributed by atoms with Gasteiger partial charge in [-0.3, -0.25) is 9.78 Å². The molecule has 26 heavy (non-hydrogen) atoms. The summed E-state index contributed by atoms with van der Waals surface area (Å²) in [5.41, 5.74) is 2.86. The number of rotatable bonds is 4. The third kappa shape index (κ3) is 3.31. The SMILES string of the molecule is O=C(NCc1ccccc1Cl)c1cccnc1-c1nc2ccccc2s1. The summed E-state index contributed by atoms with van der Waals surface area (Å²) in [7, 11) is 0. The molecule has 2 aromatic heterocycles. The standard InChI is InChI=1S/C20H14ClN3OS/c21-15-8-2-1-6-13(15)12-23-19(25)14-7-5-11-22-18(14)20-24-16-9-3-4-10-17(16)26-20/h1-11H,12H2,(H,23,25). The van der Waals surface area contributed by atoms with Crippen LogP contribution in [0.15, 0.2) is 66.9 Å². The minimum absolute atomic E-state index is 0.202. The molecule has 2 aromatic carbocycles. The number of aromatic nitrogens is 2. The Balaban J connectivity index is 1.63. The van der Waals surface area contributed by atoms with Crippen LogP contribution < -0.4 is 5.32 Å². The lowest BCUT2D eigenvalue weighted by Gasteiger charge is -2.09. The molecule has 128 valence electrons. The number of nitrogens with one attached hydrogen (secondary N) is 1. The van der Waals surface area contributed by atoms with Crippen LogP contribution in [-0.2, 0) is 6.54 Å². The van der Waals surface area contributed by atoms with Crippen LogP contribution in [-0.4, -0.2) is 15.9 Å². The van der Waals surface area contributed by atoms with E-state index in [1.54, 1.807) is 24.4 Å². The lowest BCUT2D eigenvalue weighted by atomic mass is 10.1. The summed E-state index contributed by atoms with van der Waals surface area (Å²) in [6.07, 6.45) is 1.67. The summed E-state index contributed by atoms with van der Waals surface area (Å²) in [5, 5.41) is 4.27. The van der Waals surface area contributed by atoms with Crippen molar-refractivity contribution in [1.29, 1.82) is 0 Å². The summed E-state index contributed by atoms with van der Waals surface area (Å²) in [6.45, 7) is 0.354. The number of benzene rings is 2. The number of nitrogens with zero attached hydrogens (tertiary/aromatic N) is 2. The Morgan fingerprint density at radius 3 is 2.69 bits per heavy atom. The van der Waals surface area contributed by atoms with Gasteiger partial charge in [0.2, 0.25) is 0 Å². The minimum atomic E-state index is -0.202. The molecule has 0 spiro atoms. The second-order valence-electron chi connectivity index (χ2n) is 5.66. The second kappa shape index (κ2) is 7.23. The molecule has 1 N–H and O–H groups in total. The van der Waals surface area contributed by atoms with Gasteiger partial charge in [0.15, 0.2) is 0 Å². The van der Waals surface area contributed by atoms with E-state index in [-0.39, 0.29) is 5.91 Å². The summed E-state index contributed by atoms with van der Waals surface area (Å²) in [6, 6.07) is 18.8. The first-order valence-electron chi connectivity index (χ1n) is 8.05. The average molecular weight is 380 g/mol. The summed E-state index contributed by atoms with van der Waals surface area (Å²) >= 11 is 7.68. The zero-order valence-corrected chi connectivity index (χ0v) is 15.2. The third-order valence-corrected chi connectivity index (χ3v) is 5.36. The molecule has 0 aliphatic heterocycles. The Hall–Kier alpha value is -2.76. The van der Waals surface area contributed by atoms with E-state index in [1.807, 2.05) is 42.5 Å². The molecule has 6 heteroatoms. The fourth-order valence-corrected chi connectivity index (χ4v) is 3.82. The fraction of sp³-hybridized carbons (Fsp3) is 0.0500. The average Bonchev–Trinajstić information content (AvgIpc) is 3.11. The molecule has 0 bridgehead atoms. The van der Waals surface area contributed by atoms with Crippen LogP contribution in [0.4, 0.5) is 0 Å². The highest BCUT2D eigenvalue weighted by Gasteiger charge is 2.17. The lowest BCUT2D eigenvalue weighted by molar-refractivity contribution is 0.0951. The van der Waals surface area contributed by atoms with Gasteiger partial charge < -0.3 is 5.32 Å². The quantitative estimate of drug-likeness (QED) is 0.546. The molecule has 0 saturated heterocycles. The van der Waals surface area contributed by atoms with Gasteiger partial charge in [0, 0.05) is 17.8 Å². The second-order valence-corrected chi connectivity index (χ2v) is 7.10. The van der Waals surface area contributed by atoms with Gasteiger partial charge in [-0.25, -0.2) is 4.98 Å². The van der Waals surface area contributed by atoms with Gasteiger partial charge in [-0.2, -0.15) is 0 Å². The molecular weight excluding hydrogens is 366 g/mol. The largest absolute Gasteiger partial charge is 0.348 e. The molecule has 0 atom stereocenters. The van der Waals surface area contributed by atoms with Crippen molar-refractivity contribution in [2.75, 3.05) is 0 Å². The first-order chi connectivity index (χ1) is 12.7. The minimum Gasteiger partial charge on any atom is -0.348 e. The number of carbonyl (C=O) groups is 1. The fourth-order valence-electron chi connectivity index (χ4n) is 2.64. The van der Waals surface area contributed by atoms with E-state index in [4.69, 9.17) is 11.6 Å². The van der Waals surface area contributed by atoms with Crippen LogP contribution in [0.2, 0.25) is 5.02 Å². The Morgan fingerprint density at radius 2 is 1.85 bits per heavy atom. The van der Waals surface area contributed by atoms with Crippen molar-refractivity contribution in [1.82, 2.24) is 15.3 Å². The van der Waals surface area contributed by atoms with Gasteiger partial charge in [0.25, 0.3) is 5.91 Å². The highest BCUT2D eigenvalue weighted by Crippen LogP contribution is 2.30.